The second kappa shape index (κ2) is 10.0. The third-order valence-electron chi connectivity index (χ3n) is 6.81. The summed E-state index contributed by atoms with van der Waals surface area (Å²) >= 11 is 0. The van der Waals surface area contributed by atoms with E-state index < -0.39 is 23.8 Å². The number of pyridine rings is 1. The lowest BCUT2D eigenvalue weighted by Crippen LogP contribution is -2.32. The van der Waals surface area contributed by atoms with Crippen LogP contribution in [-0.2, 0) is 32.7 Å². The number of imide groups is 1. The fraction of sp³-hybridized carbons (Fsp3) is 0.233. The van der Waals surface area contributed by atoms with Gasteiger partial charge < -0.3 is 9.57 Å². The maximum absolute atomic E-state index is 13.6. The summed E-state index contributed by atoms with van der Waals surface area (Å²) < 4.78 is 8.05. The zero-order chi connectivity index (χ0) is 27.0. The van der Waals surface area contributed by atoms with E-state index in [1.807, 2.05) is 81.6 Å². The van der Waals surface area contributed by atoms with Crippen molar-refractivity contribution in [2.45, 2.75) is 39.5 Å². The summed E-state index contributed by atoms with van der Waals surface area (Å²) in [5.74, 6) is -1.64. The van der Waals surface area contributed by atoms with E-state index in [1.165, 1.54) is 0 Å². The molecule has 1 aliphatic rings. The monoisotopic (exact) mass is 511 g/mol. The van der Waals surface area contributed by atoms with Gasteiger partial charge in [0, 0.05) is 25.0 Å². The molecule has 8 nitrogen and oxygen atoms in total. The number of hydrogen-bond acceptors (Lipinski definition) is 6. The summed E-state index contributed by atoms with van der Waals surface area (Å²) in [5.41, 5.74) is 4.70. The fourth-order valence-corrected chi connectivity index (χ4v) is 4.99. The number of hydrogen-bond donors (Lipinski definition) is 0. The number of para-hydroxylation sites is 2. The summed E-state index contributed by atoms with van der Waals surface area (Å²) in [6.45, 7) is 3.69. The molecule has 1 aliphatic heterocycles. The van der Waals surface area contributed by atoms with Crippen LogP contribution in [0.4, 0.5) is 0 Å². The number of rotatable bonds is 6. The van der Waals surface area contributed by atoms with Crippen molar-refractivity contribution in [3.05, 3.63) is 82.9 Å². The molecule has 1 saturated heterocycles. The van der Waals surface area contributed by atoms with E-state index in [0.29, 0.717) is 22.8 Å². The first-order chi connectivity index (χ1) is 18.2. The molecule has 192 valence electrons. The summed E-state index contributed by atoms with van der Waals surface area (Å²) in [6, 6.07) is 19.2. The van der Waals surface area contributed by atoms with Crippen LogP contribution in [0.3, 0.4) is 0 Å². The molecular formula is C30H27N2O6+. The van der Waals surface area contributed by atoms with Gasteiger partial charge >= 0.3 is 11.9 Å². The molecule has 0 bridgehead atoms. The number of amides is 2. The van der Waals surface area contributed by atoms with Crippen LogP contribution in [0.25, 0.3) is 21.8 Å². The number of hydroxylamine groups is 2. The fourth-order valence-electron chi connectivity index (χ4n) is 4.99. The Balaban J connectivity index is 1.37. The number of fused-ring (bicyclic) bond motifs is 2. The first-order valence-corrected chi connectivity index (χ1v) is 12.4. The maximum Gasteiger partial charge on any atom is 0.345 e. The molecule has 0 aliphatic carbocycles. The number of aromatic nitrogens is 1. The van der Waals surface area contributed by atoms with Crippen LogP contribution in [0.5, 0.6) is 5.75 Å². The Morgan fingerprint density at radius 2 is 1.39 bits per heavy atom. The zero-order valence-corrected chi connectivity index (χ0v) is 21.4. The van der Waals surface area contributed by atoms with Gasteiger partial charge in [-0.1, -0.05) is 36.4 Å². The van der Waals surface area contributed by atoms with Gasteiger partial charge in [0.2, 0.25) is 11.0 Å². The predicted molar refractivity (Wildman–Crippen MR) is 139 cm³/mol. The highest BCUT2D eigenvalue weighted by Gasteiger charge is 2.32. The van der Waals surface area contributed by atoms with Crippen LogP contribution in [0.15, 0.2) is 60.7 Å². The van der Waals surface area contributed by atoms with Crippen LogP contribution in [-0.4, -0.2) is 28.8 Å². The van der Waals surface area contributed by atoms with E-state index in [1.54, 1.807) is 0 Å². The molecule has 0 atom stereocenters. The van der Waals surface area contributed by atoms with Gasteiger partial charge in [0.25, 0.3) is 11.8 Å². The van der Waals surface area contributed by atoms with Crippen LogP contribution in [0, 0.1) is 13.8 Å². The number of nitrogens with zero attached hydrogens (tertiary/aromatic N) is 2. The predicted octanol–water partition coefficient (Wildman–Crippen LogP) is 4.19. The summed E-state index contributed by atoms with van der Waals surface area (Å²) in [5, 5.41) is 2.16. The molecule has 1 fully saturated rings. The minimum atomic E-state index is -0.657. The molecule has 0 N–H and O–H groups in total. The van der Waals surface area contributed by atoms with Gasteiger partial charge in [-0.05, 0) is 49.1 Å². The van der Waals surface area contributed by atoms with E-state index in [9.17, 15) is 19.2 Å². The largest absolute Gasteiger partial charge is 0.422 e. The molecule has 0 spiro atoms. The Kier molecular flexibility index (Phi) is 6.63. The summed E-state index contributed by atoms with van der Waals surface area (Å²) in [6.07, 6.45) is 0.443. The molecule has 0 unspecified atom stereocenters. The molecule has 0 radical (unpaired) electrons. The highest BCUT2D eigenvalue weighted by Crippen LogP contribution is 2.30. The average molecular weight is 512 g/mol. The van der Waals surface area contributed by atoms with Gasteiger partial charge in [-0.25, -0.2) is 9.59 Å². The van der Waals surface area contributed by atoms with Crippen LogP contribution < -0.4 is 9.30 Å². The topological polar surface area (TPSA) is 93.9 Å². The molecule has 1 aromatic heterocycles. The van der Waals surface area contributed by atoms with Crippen molar-refractivity contribution in [3.63, 3.8) is 0 Å². The number of esters is 1. The lowest BCUT2D eigenvalue weighted by molar-refractivity contribution is -0.617. The molecule has 4 aromatic rings. The Hall–Kier alpha value is -4.59. The summed E-state index contributed by atoms with van der Waals surface area (Å²) in [7, 11) is 1.98. The smallest absolute Gasteiger partial charge is 0.345 e. The Morgan fingerprint density at radius 3 is 1.95 bits per heavy atom. The van der Waals surface area contributed by atoms with Crippen molar-refractivity contribution in [1.82, 2.24) is 5.06 Å². The molecule has 8 heteroatoms. The lowest BCUT2D eigenvalue weighted by Gasteiger charge is -2.15. The van der Waals surface area contributed by atoms with Gasteiger partial charge in [0.05, 0.1) is 22.8 Å². The van der Waals surface area contributed by atoms with Crippen LogP contribution in [0.1, 0.15) is 46.3 Å². The Bertz CT molecular complexity index is 1550. The van der Waals surface area contributed by atoms with Gasteiger partial charge in [-0.3, -0.25) is 9.59 Å². The van der Waals surface area contributed by atoms with Gasteiger partial charge in [0.1, 0.15) is 12.8 Å². The van der Waals surface area contributed by atoms with E-state index in [0.717, 1.165) is 38.5 Å². The van der Waals surface area contributed by atoms with Gasteiger partial charge in [-0.15, -0.1) is 5.06 Å². The Labute approximate surface area is 219 Å². The van der Waals surface area contributed by atoms with Crippen molar-refractivity contribution in [1.29, 1.82) is 0 Å². The van der Waals surface area contributed by atoms with Crippen molar-refractivity contribution < 1.29 is 33.3 Å². The van der Waals surface area contributed by atoms with Crippen molar-refractivity contribution >= 4 is 45.6 Å². The summed E-state index contributed by atoms with van der Waals surface area (Å²) in [4.78, 5) is 54.1. The minimum absolute atomic E-state index is 0.00587. The van der Waals surface area contributed by atoms with E-state index in [4.69, 9.17) is 9.57 Å². The molecule has 5 rings (SSSR count). The van der Waals surface area contributed by atoms with E-state index >= 15 is 0 Å². The standard InChI is InChI=1S/C30H27N2O6/c1-18-16-20(12-15-27(35)38-32-25(33)13-14-26(32)34)17-19(2)29(18)37-30(36)28-21-8-4-6-10-23(21)31(3)24-11-7-5-9-22(24)28/h4-11,16-17H,12-15H2,1-3H3/q+1. The number of benzene rings is 3. The average Bonchev–Trinajstić information content (AvgIpc) is 3.22. The molecular weight excluding hydrogens is 484 g/mol. The number of carbonyl (C=O) groups excluding carboxylic acids is 4. The number of ether oxygens (including phenoxy) is 1. The molecule has 3 aromatic carbocycles. The zero-order valence-electron chi connectivity index (χ0n) is 21.4. The quantitative estimate of drug-likeness (QED) is 0.127. The third-order valence-corrected chi connectivity index (χ3v) is 6.81. The highest BCUT2D eigenvalue weighted by molar-refractivity contribution is 6.13. The first kappa shape index (κ1) is 25.1. The second-order valence-corrected chi connectivity index (χ2v) is 9.46. The molecule has 38 heavy (non-hydrogen) atoms. The van der Waals surface area contributed by atoms with Crippen molar-refractivity contribution in [3.8, 4) is 5.75 Å². The Morgan fingerprint density at radius 1 is 0.868 bits per heavy atom. The minimum Gasteiger partial charge on any atom is -0.422 e. The second-order valence-electron chi connectivity index (χ2n) is 9.46. The molecule has 0 saturated carbocycles. The van der Waals surface area contributed by atoms with Crippen molar-refractivity contribution in [2.75, 3.05) is 0 Å². The number of aryl methyl sites for hydroxylation is 4. The van der Waals surface area contributed by atoms with Crippen molar-refractivity contribution in [2.24, 2.45) is 7.05 Å². The maximum atomic E-state index is 13.6. The van der Waals surface area contributed by atoms with E-state index in [-0.39, 0.29) is 19.3 Å². The first-order valence-electron chi connectivity index (χ1n) is 12.4. The van der Waals surface area contributed by atoms with Gasteiger partial charge in [0.15, 0.2) is 0 Å². The normalized spacial score (nSPS) is 13.4. The van der Waals surface area contributed by atoms with Crippen LogP contribution in [0.2, 0.25) is 0 Å². The van der Waals surface area contributed by atoms with Crippen LogP contribution >= 0.6 is 0 Å². The third kappa shape index (κ3) is 4.61. The van der Waals surface area contributed by atoms with Gasteiger partial charge in [-0.2, -0.15) is 4.57 Å². The highest BCUT2D eigenvalue weighted by atomic mass is 16.7. The SMILES string of the molecule is Cc1cc(CCC(=O)ON2C(=O)CCC2=O)cc(C)c1OC(=O)c1c2ccccc2[n+](C)c2ccccc12. The lowest BCUT2D eigenvalue weighted by atomic mass is 10.0. The molecule has 2 heterocycles. The van der Waals surface area contributed by atoms with E-state index in [2.05, 4.69) is 4.57 Å². The molecule has 2 amide bonds. The number of carbonyl (C=O) groups is 4.